The van der Waals surface area contributed by atoms with Crippen LogP contribution in [0.1, 0.15) is 11.6 Å². The van der Waals surface area contributed by atoms with E-state index in [1.54, 1.807) is 0 Å². The van der Waals surface area contributed by atoms with Crippen LogP contribution in [0.2, 0.25) is 0 Å². The molecule has 1 rings (SSSR count). The van der Waals surface area contributed by atoms with E-state index in [0.717, 1.165) is 0 Å². The smallest absolute Gasteiger partial charge is 0.257 e. The summed E-state index contributed by atoms with van der Waals surface area (Å²) in [5.74, 6) is -0.423. The van der Waals surface area contributed by atoms with Crippen LogP contribution in [0.3, 0.4) is 0 Å². The second-order valence-corrected chi connectivity index (χ2v) is 2.65. The first kappa shape index (κ1) is 10.1. The van der Waals surface area contributed by atoms with Crippen molar-refractivity contribution >= 4 is 0 Å². The van der Waals surface area contributed by atoms with E-state index in [4.69, 9.17) is 0 Å². The van der Waals surface area contributed by atoms with Gasteiger partial charge in [-0.1, -0.05) is 12.1 Å². The Morgan fingerprint density at radius 3 is 2.08 bits per heavy atom. The summed E-state index contributed by atoms with van der Waals surface area (Å²) in [6.07, 6.45) is -2.49. The Bertz CT molecular complexity index is 258. The molecule has 0 saturated carbocycles. The molecule has 1 aromatic rings. The lowest BCUT2D eigenvalue weighted by atomic mass is 10.1. The Labute approximate surface area is 74.6 Å². The van der Waals surface area contributed by atoms with Gasteiger partial charge in [-0.25, -0.2) is 13.2 Å². The van der Waals surface area contributed by atoms with Gasteiger partial charge in [-0.3, -0.25) is 0 Å². The predicted molar refractivity (Wildman–Crippen MR) is 44.2 cm³/mol. The molecule has 0 aromatic heterocycles. The first-order valence-electron chi connectivity index (χ1n) is 3.86. The van der Waals surface area contributed by atoms with E-state index in [9.17, 15) is 13.2 Å². The van der Waals surface area contributed by atoms with Crippen LogP contribution in [0.25, 0.3) is 0 Å². The summed E-state index contributed by atoms with van der Waals surface area (Å²) >= 11 is 0. The van der Waals surface area contributed by atoms with Gasteiger partial charge in [-0.05, 0) is 24.7 Å². The molecule has 0 aliphatic rings. The van der Waals surface area contributed by atoms with Gasteiger partial charge in [0.15, 0.2) is 0 Å². The third kappa shape index (κ3) is 2.45. The largest absolute Gasteiger partial charge is 0.308 e. The molecule has 0 radical (unpaired) electrons. The fourth-order valence-corrected chi connectivity index (χ4v) is 1.11. The molecular weight excluding hydrogens is 179 g/mol. The summed E-state index contributed by atoms with van der Waals surface area (Å²) in [5.41, 5.74) is 0.388. The van der Waals surface area contributed by atoms with Crippen molar-refractivity contribution in [2.24, 2.45) is 0 Å². The molecule has 0 spiro atoms. The summed E-state index contributed by atoms with van der Waals surface area (Å²) in [7, 11) is 1.44. The average molecular weight is 189 g/mol. The Morgan fingerprint density at radius 1 is 1.15 bits per heavy atom. The number of hydrogen-bond acceptors (Lipinski definition) is 1. The van der Waals surface area contributed by atoms with Gasteiger partial charge in [0.1, 0.15) is 5.82 Å². The molecule has 0 bridgehead atoms. The van der Waals surface area contributed by atoms with Crippen molar-refractivity contribution < 1.29 is 13.2 Å². The zero-order chi connectivity index (χ0) is 9.84. The Morgan fingerprint density at radius 2 is 1.69 bits per heavy atom. The summed E-state index contributed by atoms with van der Waals surface area (Å²) in [5, 5.41) is 2.46. The molecular formula is C9H10F3N. The maximum absolute atomic E-state index is 12.4. The number of hydrogen-bond donors (Lipinski definition) is 1. The van der Waals surface area contributed by atoms with E-state index in [1.807, 2.05) is 0 Å². The molecule has 1 aromatic carbocycles. The minimum absolute atomic E-state index is 0.388. The monoisotopic (exact) mass is 189 g/mol. The van der Waals surface area contributed by atoms with Gasteiger partial charge in [0.2, 0.25) is 0 Å². The number of nitrogens with one attached hydrogen (secondary N) is 1. The lowest BCUT2D eigenvalue weighted by Gasteiger charge is -2.14. The van der Waals surface area contributed by atoms with Crippen molar-refractivity contribution in [1.29, 1.82) is 0 Å². The van der Waals surface area contributed by atoms with E-state index in [-0.39, 0.29) is 0 Å². The van der Waals surface area contributed by atoms with Crippen LogP contribution in [0.5, 0.6) is 0 Å². The van der Waals surface area contributed by atoms with Crippen molar-refractivity contribution in [3.8, 4) is 0 Å². The molecule has 0 aliphatic heterocycles. The molecule has 4 heteroatoms. The van der Waals surface area contributed by atoms with Gasteiger partial charge >= 0.3 is 0 Å². The topological polar surface area (TPSA) is 12.0 Å². The fourth-order valence-electron chi connectivity index (χ4n) is 1.11. The molecule has 1 nitrogen and oxygen atoms in total. The molecule has 1 atom stereocenters. The Kier molecular flexibility index (Phi) is 3.31. The molecule has 1 N–H and O–H groups in total. The summed E-state index contributed by atoms with van der Waals surface area (Å²) in [4.78, 5) is 0. The maximum atomic E-state index is 12.4. The number of benzene rings is 1. The second-order valence-electron chi connectivity index (χ2n) is 2.65. The van der Waals surface area contributed by atoms with Gasteiger partial charge in [0.25, 0.3) is 6.43 Å². The van der Waals surface area contributed by atoms with Crippen molar-refractivity contribution in [1.82, 2.24) is 5.32 Å². The van der Waals surface area contributed by atoms with Gasteiger partial charge in [0, 0.05) is 0 Å². The Balaban J connectivity index is 2.86. The first-order valence-corrected chi connectivity index (χ1v) is 3.86. The molecule has 72 valence electrons. The van der Waals surface area contributed by atoms with Crippen molar-refractivity contribution in [3.05, 3.63) is 35.6 Å². The third-order valence-electron chi connectivity index (χ3n) is 1.79. The quantitative estimate of drug-likeness (QED) is 0.769. The number of alkyl halides is 2. The average Bonchev–Trinajstić information content (AvgIpc) is 2.09. The molecule has 1 unspecified atom stereocenters. The minimum Gasteiger partial charge on any atom is -0.308 e. The number of halogens is 3. The lowest BCUT2D eigenvalue weighted by molar-refractivity contribution is 0.102. The highest BCUT2D eigenvalue weighted by atomic mass is 19.3. The second kappa shape index (κ2) is 4.28. The first-order chi connectivity index (χ1) is 6.15. The van der Waals surface area contributed by atoms with Crippen LogP contribution in [-0.2, 0) is 0 Å². The molecule has 0 fully saturated rings. The highest BCUT2D eigenvalue weighted by molar-refractivity contribution is 5.20. The highest BCUT2D eigenvalue weighted by Crippen LogP contribution is 2.19. The van der Waals surface area contributed by atoms with Crippen LogP contribution in [-0.4, -0.2) is 13.5 Å². The minimum atomic E-state index is -2.49. The molecule has 0 saturated heterocycles. The third-order valence-corrected chi connectivity index (χ3v) is 1.79. The van der Waals surface area contributed by atoms with Crippen LogP contribution in [0, 0.1) is 5.82 Å². The van der Waals surface area contributed by atoms with Crippen molar-refractivity contribution in [2.45, 2.75) is 12.5 Å². The zero-order valence-electron chi connectivity index (χ0n) is 7.10. The van der Waals surface area contributed by atoms with Gasteiger partial charge in [-0.2, -0.15) is 0 Å². The van der Waals surface area contributed by atoms with E-state index < -0.39 is 18.3 Å². The van der Waals surface area contributed by atoms with Crippen LogP contribution < -0.4 is 5.32 Å². The van der Waals surface area contributed by atoms with Gasteiger partial charge in [-0.15, -0.1) is 0 Å². The van der Waals surface area contributed by atoms with Crippen molar-refractivity contribution in [3.63, 3.8) is 0 Å². The molecule has 0 aliphatic carbocycles. The van der Waals surface area contributed by atoms with Crippen LogP contribution in [0.4, 0.5) is 13.2 Å². The summed E-state index contributed by atoms with van der Waals surface area (Å²) in [6.45, 7) is 0. The highest BCUT2D eigenvalue weighted by Gasteiger charge is 2.19. The van der Waals surface area contributed by atoms with Gasteiger partial charge < -0.3 is 5.32 Å². The SMILES string of the molecule is CNC(c1ccc(F)cc1)C(F)F. The maximum Gasteiger partial charge on any atom is 0.257 e. The van der Waals surface area contributed by atoms with Crippen LogP contribution in [0.15, 0.2) is 24.3 Å². The standard InChI is InChI=1S/C9H10F3N/c1-13-8(9(11)12)6-2-4-7(10)5-3-6/h2-5,8-9,13H,1H3. The number of rotatable bonds is 3. The van der Waals surface area contributed by atoms with Crippen molar-refractivity contribution in [2.75, 3.05) is 7.05 Å². The van der Waals surface area contributed by atoms with E-state index >= 15 is 0 Å². The molecule has 0 heterocycles. The van der Waals surface area contributed by atoms with Crippen LogP contribution >= 0.6 is 0 Å². The molecule has 13 heavy (non-hydrogen) atoms. The van der Waals surface area contributed by atoms with E-state index in [2.05, 4.69) is 5.32 Å². The van der Waals surface area contributed by atoms with E-state index in [1.165, 1.54) is 31.3 Å². The predicted octanol–water partition coefficient (Wildman–Crippen LogP) is 2.35. The lowest BCUT2D eigenvalue weighted by Crippen LogP contribution is -2.23. The van der Waals surface area contributed by atoms with Gasteiger partial charge in [0.05, 0.1) is 6.04 Å². The van der Waals surface area contributed by atoms with E-state index in [0.29, 0.717) is 5.56 Å². The fraction of sp³-hybridized carbons (Fsp3) is 0.333. The zero-order valence-corrected chi connectivity index (χ0v) is 7.10. The Hall–Kier alpha value is -1.03. The summed E-state index contributed by atoms with van der Waals surface area (Å²) < 4.78 is 37.1. The summed E-state index contributed by atoms with van der Waals surface area (Å²) in [6, 6.07) is 4.01. The normalized spacial score (nSPS) is 13.3. The molecule has 0 amide bonds.